The SMILES string of the molecule is COc1cccc(CNC(=O)C(=O)NCCC2=CCCCC2)c1. The molecule has 0 bridgehead atoms. The molecule has 0 radical (unpaired) electrons. The molecule has 1 aliphatic rings. The third kappa shape index (κ3) is 5.77. The topological polar surface area (TPSA) is 67.4 Å². The average molecular weight is 316 g/mol. The second-order valence-electron chi connectivity index (χ2n) is 5.65. The Morgan fingerprint density at radius 2 is 2.00 bits per heavy atom. The number of carbonyl (C=O) groups excluding carboxylic acids is 2. The number of rotatable bonds is 6. The smallest absolute Gasteiger partial charge is 0.309 e. The first-order chi connectivity index (χ1) is 11.2. The lowest BCUT2D eigenvalue weighted by Crippen LogP contribution is -2.40. The molecule has 1 aromatic carbocycles. The van der Waals surface area contributed by atoms with Crippen LogP contribution in [-0.4, -0.2) is 25.5 Å². The fourth-order valence-electron chi connectivity index (χ4n) is 2.59. The Hall–Kier alpha value is -2.30. The van der Waals surface area contributed by atoms with Crippen LogP contribution in [0.15, 0.2) is 35.9 Å². The minimum Gasteiger partial charge on any atom is -0.497 e. The minimum absolute atomic E-state index is 0.300. The van der Waals surface area contributed by atoms with Crippen molar-refractivity contribution >= 4 is 11.8 Å². The molecule has 0 aromatic heterocycles. The Morgan fingerprint density at radius 1 is 1.17 bits per heavy atom. The van der Waals surface area contributed by atoms with Crippen LogP contribution in [0.2, 0.25) is 0 Å². The largest absolute Gasteiger partial charge is 0.497 e. The molecule has 2 amide bonds. The van der Waals surface area contributed by atoms with Gasteiger partial charge in [0.15, 0.2) is 0 Å². The maximum Gasteiger partial charge on any atom is 0.309 e. The zero-order chi connectivity index (χ0) is 16.5. The molecule has 0 unspecified atom stereocenters. The van der Waals surface area contributed by atoms with Crippen LogP contribution < -0.4 is 15.4 Å². The number of allylic oxidation sites excluding steroid dienone is 1. The van der Waals surface area contributed by atoms with E-state index in [0.29, 0.717) is 13.1 Å². The van der Waals surface area contributed by atoms with Crippen molar-refractivity contribution in [3.05, 3.63) is 41.5 Å². The molecule has 2 N–H and O–H groups in total. The van der Waals surface area contributed by atoms with E-state index >= 15 is 0 Å². The fourth-order valence-corrected chi connectivity index (χ4v) is 2.59. The van der Waals surface area contributed by atoms with Gasteiger partial charge in [0.2, 0.25) is 0 Å². The van der Waals surface area contributed by atoms with Gasteiger partial charge in [-0.05, 0) is 49.8 Å². The summed E-state index contributed by atoms with van der Waals surface area (Å²) in [4.78, 5) is 23.5. The number of hydrogen-bond acceptors (Lipinski definition) is 3. The van der Waals surface area contributed by atoms with Crippen molar-refractivity contribution in [2.75, 3.05) is 13.7 Å². The van der Waals surface area contributed by atoms with Crippen molar-refractivity contribution in [2.45, 2.75) is 38.6 Å². The highest BCUT2D eigenvalue weighted by Gasteiger charge is 2.13. The first-order valence-corrected chi connectivity index (χ1v) is 8.06. The molecule has 0 saturated heterocycles. The van der Waals surface area contributed by atoms with Crippen molar-refractivity contribution in [3.63, 3.8) is 0 Å². The normalized spacial score (nSPS) is 13.9. The standard InChI is InChI=1S/C18H24N2O3/c1-23-16-9-5-8-15(12-16)13-20-18(22)17(21)19-11-10-14-6-3-2-4-7-14/h5-6,8-9,12H,2-4,7,10-11,13H2,1H3,(H,19,21)(H,20,22). The maximum absolute atomic E-state index is 11.8. The Balaban J connectivity index is 1.70. The zero-order valence-corrected chi connectivity index (χ0v) is 13.6. The van der Waals surface area contributed by atoms with Crippen LogP contribution in [0.1, 0.15) is 37.7 Å². The van der Waals surface area contributed by atoms with E-state index in [-0.39, 0.29) is 0 Å². The highest BCUT2D eigenvalue weighted by molar-refractivity contribution is 6.35. The molecule has 0 heterocycles. The van der Waals surface area contributed by atoms with Gasteiger partial charge < -0.3 is 15.4 Å². The lowest BCUT2D eigenvalue weighted by molar-refractivity contribution is -0.139. The summed E-state index contributed by atoms with van der Waals surface area (Å²) in [6, 6.07) is 7.38. The quantitative estimate of drug-likeness (QED) is 0.625. The van der Waals surface area contributed by atoms with E-state index in [0.717, 1.165) is 30.6 Å². The third-order valence-corrected chi connectivity index (χ3v) is 3.91. The fraction of sp³-hybridized carbons (Fsp3) is 0.444. The van der Waals surface area contributed by atoms with Crippen LogP contribution in [0.4, 0.5) is 0 Å². The summed E-state index contributed by atoms with van der Waals surface area (Å²) in [5.74, 6) is -0.461. The van der Waals surface area contributed by atoms with E-state index in [1.807, 2.05) is 24.3 Å². The van der Waals surface area contributed by atoms with Crippen LogP contribution in [-0.2, 0) is 16.1 Å². The molecule has 124 valence electrons. The monoisotopic (exact) mass is 316 g/mol. The van der Waals surface area contributed by atoms with E-state index in [1.54, 1.807) is 7.11 Å². The van der Waals surface area contributed by atoms with Gasteiger partial charge in [-0.25, -0.2) is 0 Å². The molecule has 0 fully saturated rings. The molecule has 1 aliphatic carbocycles. The van der Waals surface area contributed by atoms with Gasteiger partial charge in [0.05, 0.1) is 7.11 Å². The first kappa shape index (κ1) is 17.1. The van der Waals surface area contributed by atoms with Crippen LogP contribution >= 0.6 is 0 Å². The molecular weight excluding hydrogens is 292 g/mol. The zero-order valence-electron chi connectivity index (χ0n) is 13.6. The number of hydrogen-bond donors (Lipinski definition) is 2. The number of methoxy groups -OCH3 is 1. The number of carbonyl (C=O) groups is 2. The summed E-state index contributed by atoms with van der Waals surface area (Å²) in [6.07, 6.45) is 7.79. The second kappa shape index (κ2) is 8.98. The van der Waals surface area contributed by atoms with E-state index in [9.17, 15) is 9.59 Å². The summed E-state index contributed by atoms with van der Waals surface area (Å²) < 4.78 is 5.12. The predicted octanol–water partition coefficient (Wildman–Crippen LogP) is 2.32. The number of nitrogens with one attached hydrogen (secondary N) is 2. The van der Waals surface area contributed by atoms with Crippen LogP contribution in [0.5, 0.6) is 5.75 Å². The van der Waals surface area contributed by atoms with Crippen molar-refractivity contribution in [1.29, 1.82) is 0 Å². The number of ether oxygens (including phenoxy) is 1. The van der Waals surface area contributed by atoms with E-state index in [4.69, 9.17) is 4.74 Å². The second-order valence-corrected chi connectivity index (χ2v) is 5.65. The Labute approximate surface area is 137 Å². The maximum atomic E-state index is 11.8. The van der Waals surface area contributed by atoms with Crippen molar-refractivity contribution in [2.24, 2.45) is 0 Å². The highest BCUT2D eigenvalue weighted by Crippen LogP contribution is 2.19. The summed E-state index contributed by atoms with van der Waals surface area (Å²) in [6.45, 7) is 0.811. The Kier molecular flexibility index (Phi) is 6.66. The van der Waals surface area contributed by atoms with E-state index in [1.165, 1.54) is 18.4 Å². The molecule has 2 rings (SSSR count). The highest BCUT2D eigenvalue weighted by atomic mass is 16.5. The molecule has 23 heavy (non-hydrogen) atoms. The first-order valence-electron chi connectivity index (χ1n) is 8.06. The molecular formula is C18H24N2O3. The number of benzene rings is 1. The van der Waals surface area contributed by atoms with Gasteiger partial charge in [-0.3, -0.25) is 9.59 Å². The summed E-state index contributed by atoms with van der Waals surface area (Å²) in [5, 5.41) is 5.29. The van der Waals surface area contributed by atoms with Gasteiger partial charge >= 0.3 is 11.8 Å². The van der Waals surface area contributed by atoms with E-state index in [2.05, 4.69) is 16.7 Å². The van der Waals surface area contributed by atoms with Crippen LogP contribution in [0, 0.1) is 0 Å². The molecule has 0 saturated carbocycles. The van der Waals surface area contributed by atoms with Gasteiger partial charge in [0, 0.05) is 13.1 Å². The number of amides is 2. The minimum atomic E-state index is -0.606. The summed E-state index contributed by atoms with van der Waals surface area (Å²) in [7, 11) is 1.59. The van der Waals surface area contributed by atoms with Gasteiger partial charge in [0.25, 0.3) is 0 Å². The molecule has 0 aliphatic heterocycles. The predicted molar refractivity (Wildman–Crippen MR) is 89.0 cm³/mol. The average Bonchev–Trinajstić information content (AvgIpc) is 2.60. The third-order valence-electron chi connectivity index (χ3n) is 3.91. The Bertz CT molecular complexity index is 581. The van der Waals surface area contributed by atoms with Crippen LogP contribution in [0.25, 0.3) is 0 Å². The van der Waals surface area contributed by atoms with Crippen molar-refractivity contribution in [3.8, 4) is 5.75 Å². The van der Waals surface area contributed by atoms with Crippen molar-refractivity contribution in [1.82, 2.24) is 10.6 Å². The summed E-state index contributed by atoms with van der Waals surface area (Å²) >= 11 is 0. The van der Waals surface area contributed by atoms with Crippen LogP contribution in [0.3, 0.4) is 0 Å². The molecule has 5 nitrogen and oxygen atoms in total. The lowest BCUT2D eigenvalue weighted by Gasteiger charge is -2.13. The Morgan fingerprint density at radius 3 is 2.74 bits per heavy atom. The van der Waals surface area contributed by atoms with Crippen molar-refractivity contribution < 1.29 is 14.3 Å². The molecule has 0 spiro atoms. The van der Waals surface area contributed by atoms with Gasteiger partial charge in [-0.15, -0.1) is 0 Å². The van der Waals surface area contributed by atoms with Gasteiger partial charge in [-0.2, -0.15) is 0 Å². The molecule has 5 heteroatoms. The summed E-state index contributed by atoms with van der Waals surface area (Å²) in [5.41, 5.74) is 2.27. The van der Waals surface area contributed by atoms with Gasteiger partial charge in [-0.1, -0.05) is 23.8 Å². The van der Waals surface area contributed by atoms with Gasteiger partial charge in [0.1, 0.15) is 5.75 Å². The molecule has 0 atom stereocenters. The molecule has 1 aromatic rings. The van der Waals surface area contributed by atoms with E-state index < -0.39 is 11.8 Å². The lowest BCUT2D eigenvalue weighted by atomic mass is 9.97.